The van der Waals surface area contributed by atoms with Gasteiger partial charge in [0.25, 0.3) is 17.7 Å². The van der Waals surface area contributed by atoms with Crippen LogP contribution in [0.25, 0.3) is 0 Å². The molecule has 2 aromatic carbocycles. The Morgan fingerprint density at radius 2 is 1.54 bits per heavy atom. The zero-order valence-electron chi connectivity index (χ0n) is 19.1. The highest BCUT2D eigenvalue weighted by atomic mass is 19.1. The van der Waals surface area contributed by atoms with E-state index in [1.165, 1.54) is 28.0 Å². The molecule has 0 aromatic heterocycles. The topological polar surface area (TPSA) is 114 Å². The summed E-state index contributed by atoms with van der Waals surface area (Å²) in [5.41, 5.74) is 6.42. The third-order valence-electron chi connectivity index (χ3n) is 6.74. The highest BCUT2D eigenvalue weighted by Crippen LogP contribution is 2.33. The van der Waals surface area contributed by atoms with Gasteiger partial charge in [-0.25, -0.2) is 4.39 Å². The molecule has 2 heterocycles. The van der Waals surface area contributed by atoms with Gasteiger partial charge in [-0.15, -0.1) is 0 Å². The third-order valence-corrected chi connectivity index (χ3v) is 6.74. The number of rotatable bonds is 4. The molecule has 1 saturated heterocycles. The normalized spacial score (nSPS) is 23.3. The summed E-state index contributed by atoms with van der Waals surface area (Å²) < 4.78 is 24.5. The number of amides is 3. The van der Waals surface area contributed by atoms with Gasteiger partial charge in [-0.1, -0.05) is 6.07 Å². The summed E-state index contributed by atoms with van der Waals surface area (Å²) in [5.74, 6) is -0.942. The summed E-state index contributed by atoms with van der Waals surface area (Å²) in [6.07, 6.45) is 1.88. The van der Waals surface area contributed by atoms with Crippen LogP contribution in [0, 0.1) is 5.82 Å². The molecule has 0 radical (unpaired) electrons. The third kappa shape index (κ3) is 4.66. The fraction of sp³-hybridized carbons (Fsp3) is 0.400. The number of hydrogen-bond acceptors (Lipinski definition) is 6. The number of nitrogens with zero attached hydrogens (tertiary/aromatic N) is 2. The van der Waals surface area contributed by atoms with E-state index >= 15 is 0 Å². The van der Waals surface area contributed by atoms with Crippen LogP contribution in [0.4, 0.5) is 4.39 Å². The van der Waals surface area contributed by atoms with E-state index in [9.17, 15) is 18.8 Å². The van der Waals surface area contributed by atoms with Crippen molar-refractivity contribution < 1.29 is 28.2 Å². The highest BCUT2D eigenvalue weighted by Gasteiger charge is 2.44. The maximum absolute atomic E-state index is 13.8. The minimum Gasteiger partial charge on any atom is -0.454 e. The molecule has 0 spiro atoms. The second-order valence-electron chi connectivity index (χ2n) is 9.07. The Kier molecular flexibility index (Phi) is 6.29. The molecular formula is C25H27FN4O5. The minimum atomic E-state index is -1.17. The first-order chi connectivity index (χ1) is 16.9. The van der Waals surface area contributed by atoms with Crippen molar-refractivity contribution in [2.24, 2.45) is 5.73 Å². The lowest BCUT2D eigenvalue weighted by Gasteiger charge is -2.32. The lowest BCUT2D eigenvalue weighted by Crippen LogP contribution is -2.56. The van der Waals surface area contributed by atoms with E-state index in [-0.39, 0.29) is 37.5 Å². The first kappa shape index (κ1) is 23.1. The van der Waals surface area contributed by atoms with Gasteiger partial charge in [-0.3, -0.25) is 14.4 Å². The van der Waals surface area contributed by atoms with Gasteiger partial charge in [0, 0.05) is 36.3 Å². The number of benzene rings is 2. The maximum Gasteiger partial charge on any atom is 0.264 e. The molecule has 1 saturated carbocycles. The van der Waals surface area contributed by atoms with Gasteiger partial charge in [-0.2, -0.15) is 0 Å². The Labute approximate surface area is 202 Å². The standard InChI is InChI=1S/C25H27FN4O5/c26-17-3-1-2-15(12-17)24(32)29-10-11-30(23(29)22(31)28-19-7-5-18(27)6-8-19)25(33)16-4-9-20-21(13-16)35-14-34-20/h1-4,9,12-13,18-19,23H,5-8,10-11,14,27H2,(H,28,31). The molecular weight excluding hydrogens is 455 g/mol. The number of nitrogens with two attached hydrogens (primary N) is 1. The number of halogens is 1. The monoisotopic (exact) mass is 482 g/mol. The quantitative estimate of drug-likeness (QED) is 0.688. The number of hydrogen-bond donors (Lipinski definition) is 2. The van der Waals surface area contributed by atoms with E-state index in [4.69, 9.17) is 15.2 Å². The van der Waals surface area contributed by atoms with Crippen molar-refractivity contribution in [3.8, 4) is 11.5 Å². The Morgan fingerprint density at radius 1 is 0.886 bits per heavy atom. The molecule has 2 fully saturated rings. The minimum absolute atomic E-state index is 0.0721. The van der Waals surface area contributed by atoms with E-state index in [0.29, 0.717) is 17.1 Å². The van der Waals surface area contributed by atoms with Crippen LogP contribution in [0.3, 0.4) is 0 Å². The van der Waals surface area contributed by atoms with Crippen LogP contribution in [0.2, 0.25) is 0 Å². The number of carbonyl (C=O) groups is 3. The van der Waals surface area contributed by atoms with E-state index in [2.05, 4.69) is 5.32 Å². The lowest BCUT2D eigenvalue weighted by molar-refractivity contribution is -0.129. The van der Waals surface area contributed by atoms with E-state index in [0.717, 1.165) is 31.7 Å². The van der Waals surface area contributed by atoms with Crippen molar-refractivity contribution in [1.29, 1.82) is 0 Å². The van der Waals surface area contributed by atoms with Gasteiger partial charge < -0.3 is 30.3 Å². The Balaban J connectivity index is 1.41. The van der Waals surface area contributed by atoms with Crippen LogP contribution < -0.4 is 20.5 Å². The van der Waals surface area contributed by atoms with Crippen LogP contribution in [0.15, 0.2) is 42.5 Å². The Hall–Kier alpha value is -3.66. The first-order valence-electron chi connectivity index (χ1n) is 11.7. The summed E-state index contributed by atoms with van der Waals surface area (Å²) in [6.45, 7) is 0.365. The molecule has 1 aliphatic carbocycles. The zero-order valence-corrected chi connectivity index (χ0v) is 19.1. The molecule has 2 aliphatic heterocycles. The Bertz CT molecular complexity index is 1150. The summed E-state index contributed by atoms with van der Waals surface area (Å²) in [5, 5.41) is 3.01. The molecule has 1 unspecified atom stereocenters. The lowest BCUT2D eigenvalue weighted by atomic mass is 9.92. The van der Waals surface area contributed by atoms with Gasteiger partial charge in [0.05, 0.1) is 0 Å². The molecule has 3 aliphatic rings. The van der Waals surface area contributed by atoms with E-state index in [1.54, 1.807) is 18.2 Å². The van der Waals surface area contributed by atoms with Gasteiger partial charge in [-0.05, 0) is 62.1 Å². The van der Waals surface area contributed by atoms with Crippen molar-refractivity contribution >= 4 is 17.7 Å². The summed E-state index contributed by atoms with van der Waals surface area (Å²) in [6, 6.07) is 10.1. The summed E-state index contributed by atoms with van der Waals surface area (Å²) >= 11 is 0. The van der Waals surface area contributed by atoms with E-state index in [1.807, 2.05) is 0 Å². The molecule has 5 rings (SSSR count). The predicted molar refractivity (Wildman–Crippen MR) is 123 cm³/mol. The van der Waals surface area contributed by atoms with Gasteiger partial charge in [0.15, 0.2) is 17.7 Å². The Morgan fingerprint density at radius 3 is 2.23 bits per heavy atom. The SMILES string of the molecule is NC1CCC(NC(=O)C2N(C(=O)c3cccc(F)c3)CCN2C(=O)c2ccc3c(c2)OCO3)CC1. The molecule has 2 aromatic rings. The second-order valence-corrected chi connectivity index (χ2v) is 9.07. The van der Waals surface area contributed by atoms with Gasteiger partial charge >= 0.3 is 0 Å². The predicted octanol–water partition coefficient (Wildman–Crippen LogP) is 1.86. The van der Waals surface area contributed by atoms with Crippen LogP contribution in [-0.4, -0.2) is 65.7 Å². The largest absolute Gasteiger partial charge is 0.454 e. The van der Waals surface area contributed by atoms with E-state index < -0.39 is 29.7 Å². The summed E-state index contributed by atoms with van der Waals surface area (Å²) in [7, 11) is 0. The number of fused-ring (bicyclic) bond motifs is 1. The van der Waals surface area contributed by atoms with Crippen LogP contribution in [0.5, 0.6) is 11.5 Å². The number of nitrogens with one attached hydrogen (secondary N) is 1. The first-order valence-corrected chi connectivity index (χ1v) is 11.7. The number of carbonyl (C=O) groups excluding carboxylic acids is 3. The van der Waals surface area contributed by atoms with Gasteiger partial charge in [0.2, 0.25) is 6.79 Å². The second kappa shape index (κ2) is 9.53. The molecule has 0 bridgehead atoms. The van der Waals surface area contributed by atoms with Crippen molar-refractivity contribution in [2.45, 2.75) is 43.9 Å². The van der Waals surface area contributed by atoms with Crippen molar-refractivity contribution in [1.82, 2.24) is 15.1 Å². The van der Waals surface area contributed by atoms with Crippen molar-refractivity contribution in [3.63, 3.8) is 0 Å². The fourth-order valence-electron chi connectivity index (χ4n) is 4.86. The molecule has 35 heavy (non-hydrogen) atoms. The van der Waals surface area contributed by atoms with Crippen LogP contribution in [0.1, 0.15) is 46.4 Å². The molecule has 10 heteroatoms. The maximum atomic E-state index is 13.8. The molecule has 9 nitrogen and oxygen atoms in total. The average molecular weight is 483 g/mol. The molecule has 3 N–H and O–H groups in total. The summed E-state index contributed by atoms with van der Waals surface area (Å²) in [4.78, 5) is 43.0. The molecule has 184 valence electrons. The molecule has 1 atom stereocenters. The van der Waals surface area contributed by atoms with Crippen LogP contribution >= 0.6 is 0 Å². The fourth-order valence-corrected chi connectivity index (χ4v) is 4.86. The van der Waals surface area contributed by atoms with Crippen LogP contribution in [-0.2, 0) is 4.79 Å². The smallest absolute Gasteiger partial charge is 0.264 e. The van der Waals surface area contributed by atoms with Crippen molar-refractivity contribution in [3.05, 3.63) is 59.4 Å². The van der Waals surface area contributed by atoms with Gasteiger partial charge in [0.1, 0.15) is 5.82 Å². The average Bonchev–Trinajstić information content (AvgIpc) is 3.51. The molecule has 3 amide bonds. The zero-order chi connectivity index (χ0) is 24.5. The number of ether oxygens (including phenoxy) is 2. The highest BCUT2D eigenvalue weighted by molar-refractivity contribution is 6.02. The van der Waals surface area contributed by atoms with Crippen molar-refractivity contribution in [2.75, 3.05) is 19.9 Å².